The number of piperidine rings is 1. The summed E-state index contributed by atoms with van der Waals surface area (Å²) in [5.74, 6) is 0.539. The zero-order chi connectivity index (χ0) is 16.8. The first-order chi connectivity index (χ1) is 11.8. The number of nitrogens with zero attached hydrogens (tertiary/aromatic N) is 2. The molecule has 0 spiro atoms. The van der Waals surface area contributed by atoms with Crippen molar-refractivity contribution in [1.29, 1.82) is 5.26 Å². The maximum absolute atomic E-state index is 9.24. The summed E-state index contributed by atoms with van der Waals surface area (Å²) in [6.07, 6.45) is 7.22. The summed E-state index contributed by atoms with van der Waals surface area (Å²) in [6, 6.07) is 11.4. The fourth-order valence-corrected chi connectivity index (χ4v) is 4.05. The number of rotatable bonds is 5. The van der Waals surface area contributed by atoms with E-state index in [2.05, 4.69) is 28.4 Å². The van der Waals surface area contributed by atoms with Crippen molar-refractivity contribution >= 4 is 0 Å². The Labute approximate surface area is 145 Å². The zero-order valence-electron chi connectivity index (χ0n) is 14.5. The summed E-state index contributed by atoms with van der Waals surface area (Å²) in [6.45, 7) is 3.63. The van der Waals surface area contributed by atoms with Gasteiger partial charge in [-0.05, 0) is 75.2 Å². The molecule has 0 amide bonds. The number of hydrogen-bond donors (Lipinski definition) is 2. The summed E-state index contributed by atoms with van der Waals surface area (Å²) in [5, 5.41) is 22.0. The summed E-state index contributed by atoms with van der Waals surface area (Å²) >= 11 is 0. The van der Waals surface area contributed by atoms with Crippen LogP contribution in [0.4, 0.5) is 0 Å². The van der Waals surface area contributed by atoms with Gasteiger partial charge in [0.25, 0.3) is 0 Å². The molecule has 1 aliphatic heterocycles. The highest BCUT2D eigenvalue weighted by Crippen LogP contribution is 2.25. The molecule has 1 saturated heterocycles. The van der Waals surface area contributed by atoms with Crippen LogP contribution in [0.5, 0.6) is 0 Å². The average Bonchev–Trinajstić information content (AvgIpc) is 2.65. The number of nitriles is 1. The van der Waals surface area contributed by atoms with Crippen molar-refractivity contribution in [3.05, 3.63) is 35.4 Å². The quantitative estimate of drug-likeness (QED) is 0.873. The second-order valence-corrected chi connectivity index (χ2v) is 7.43. The van der Waals surface area contributed by atoms with Crippen LogP contribution in [0.15, 0.2) is 24.3 Å². The van der Waals surface area contributed by atoms with Gasteiger partial charge in [0.2, 0.25) is 0 Å². The van der Waals surface area contributed by atoms with Gasteiger partial charge < -0.3 is 10.4 Å². The molecule has 0 aromatic heterocycles. The fourth-order valence-electron chi connectivity index (χ4n) is 4.05. The van der Waals surface area contributed by atoms with Crippen LogP contribution in [0.2, 0.25) is 0 Å². The van der Waals surface area contributed by atoms with Gasteiger partial charge in [0.15, 0.2) is 0 Å². The van der Waals surface area contributed by atoms with Crippen molar-refractivity contribution in [2.45, 2.75) is 57.2 Å². The van der Waals surface area contributed by atoms with E-state index in [1.54, 1.807) is 0 Å². The molecule has 4 heteroatoms. The number of hydrogen-bond acceptors (Lipinski definition) is 4. The first-order valence-electron chi connectivity index (χ1n) is 9.35. The van der Waals surface area contributed by atoms with E-state index in [1.807, 2.05) is 12.1 Å². The summed E-state index contributed by atoms with van der Waals surface area (Å²) in [4.78, 5) is 2.52. The first kappa shape index (κ1) is 17.4. The van der Waals surface area contributed by atoms with Crippen molar-refractivity contribution in [2.75, 3.05) is 19.7 Å². The lowest BCUT2D eigenvalue weighted by molar-refractivity contribution is 0.152. The topological polar surface area (TPSA) is 59.3 Å². The minimum Gasteiger partial charge on any atom is -0.396 e. The normalized spacial score (nSPS) is 26.2. The molecule has 1 aromatic carbocycles. The van der Waals surface area contributed by atoms with E-state index in [-0.39, 0.29) is 0 Å². The minimum atomic E-state index is 0.362. The second kappa shape index (κ2) is 8.62. The third-order valence-electron chi connectivity index (χ3n) is 5.65. The molecule has 4 nitrogen and oxygen atoms in total. The van der Waals surface area contributed by atoms with Gasteiger partial charge in [-0.15, -0.1) is 0 Å². The fraction of sp³-hybridized carbons (Fsp3) is 0.650. The predicted molar refractivity (Wildman–Crippen MR) is 95.4 cm³/mol. The van der Waals surface area contributed by atoms with Crippen LogP contribution in [-0.4, -0.2) is 41.8 Å². The molecule has 2 N–H and O–H groups in total. The van der Waals surface area contributed by atoms with Crippen molar-refractivity contribution in [3.63, 3.8) is 0 Å². The van der Waals surface area contributed by atoms with Gasteiger partial charge in [-0.3, -0.25) is 4.90 Å². The zero-order valence-corrected chi connectivity index (χ0v) is 14.5. The highest BCUT2D eigenvalue weighted by molar-refractivity contribution is 5.31. The van der Waals surface area contributed by atoms with Gasteiger partial charge in [-0.25, -0.2) is 0 Å². The minimum absolute atomic E-state index is 0.362. The van der Waals surface area contributed by atoms with Gasteiger partial charge in [0, 0.05) is 25.2 Å². The van der Waals surface area contributed by atoms with Crippen LogP contribution < -0.4 is 5.32 Å². The molecule has 3 rings (SSSR count). The highest BCUT2D eigenvalue weighted by Gasteiger charge is 2.25. The lowest BCUT2D eigenvalue weighted by Gasteiger charge is -2.36. The van der Waals surface area contributed by atoms with Crippen LogP contribution in [0.3, 0.4) is 0 Å². The number of likely N-dealkylation sites (tertiary alicyclic amines) is 1. The molecule has 1 saturated carbocycles. The van der Waals surface area contributed by atoms with E-state index in [0.717, 1.165) is 25.2 Å². The van der Waals surface area contributed by atoms with E-state index >= 15 is 0 Å². The average molecular weight is 327 g/mol. The van der Waals surface area contributed by atoms with E-state index in [0.29, 0.717) is 24.6 Å². The van der Waals surface area contributed by atoms with Crippen molar-refractivity contribution < 1.29 is 5.11 Å². The van der Waals surface area contributed by atoms with Crippen LogP contribution in [0, 0.1) is 17.2 Å². The summed E-state index contributed by atoms with van der Waals surface area (Å²) in [5.41, 5.74) is 2.03. The number of aliphatic hydroxyl groups excluding tert-OH is 1. The third kappa shape index (κ3) is 4.80. The van der Waals surface area contributed by atoms with Gasteiger partial charge in [0.1, 0.15) is 0 Å². The second-order valence-electron chi connectivity index (χ2n) is 7.43. The molecular weight excluding hydrogens is 298 g/mol. The Morgan fingerprint density at radius 2 is 1.62 bits per heavy atom. The van der Waals surface area contributed by atoms with Crippen LogP contribution >= 0.6 is 0 Å². The van der Waals surface area contributed by atoms with Gasteiger partial charge in [-0.2, -0.15) is 5.26 Å². The monoisotopic (exact) mass is 327 g/mol. The Hall–Kier alpha value is -1.41. The lowest BCUT2D eigenvalue weighted by Crippen LogP contribution is -2.47. The summed E-state index contributed by atoms with van der Waals surface area (Å²) in [7, 11) is 0. The largest absolute Gasteiger partial charge is 0.396 e. The molecule has 0 unspecified atom stereocenters. The number of benzene rings is 1. The van der Waals surface area contributed by atoms with Gasteiger partial charge in [0.05, 0.1) is 11.6 Å². The van der Waals surface area contributed by atoms with Gasteiger partial charge >= 0.3 is 0 Å². The third-order valence-corrected chi connectivity index (χ3v) is 5.65. The molecule has 1 aromatic rings. The van der Waals surface area contributed by atoms with Crippen LogP contribution in [-0.2, 0) is 6.54 Å². The Morgan fingerprint density at radius 1 is 1.00 bits per heavy atom. The van der Waals surface area contributed by atoms with Crippen molar-refractivity contribution in [1.82, 2.24) is 10.2 Å². The summed E-state index contributed by atoms with van der Waals surface area (Å²) < 4.78 is 0. The Bertz CT molecular complexity index is 535. The van der Waals surface area contributed by atoms with E-state index in [4.69, 9.17) is 5.26 Å². The van der Waals surface area contributed by atoms with Crippen molar-refractivity contribution in [3.8, 4) is 6.07 Å². The molecule has 24 heavy (non-hydrogen) atoms. The SMILES string of the molecule is N#Cc1ccc(CN2CCC(NC3CCC(CO)CC3)CC2)cc1. The molecule has 2 aliphatic rings. The molecule has 0 atom stereocenters. The Balaban J connectivity index is 1.38. The first-order valence-corrected chi connectivity index (χ1v) is 9.35. The molecular formula is C20H29N3O. The standard InChI is InChI=1S/C20H29N3O/c21-13-16-1-3-17(4-2-16)14-23-11-9-20(10-12-23)22-19-7-5-18(15-24)6-8-19/h1-4,18-20,22,24H,5-12,14-15H2. The van der Waals surface area contributed by atoms with E-state index in [9.17, 15) is 5.11 Å². The highest BCUT2D eigenvalue weighted by atomic mass is 16.3. The van der Waals surface area contributed by atoms with Crippen LogP contribution in [0.25, 0.3) is 0 Å². The van der Waals surface area contributed by atoms with Crippen molar-refractivity contribution in [2.24, 2.45) is 5.92 Å². The molecule has 0 radical (unpaired) electrons. The van der Waals surface area contributed by atoms with E-state index < -0.39 is 0 Å². The molecule has 0 bridgehead atoms. The molecule has 1 heterocycles. The number of nitrogens with one attached hydrogen (secondary N) is 1. The molecule has 1 aliphatic carbocycles. The maximum atomic E-state index is 9.24. The van der Waals surface area contributed by atoms with E-state index in [1.165, 1.54) is 44.1 Å². The molecule has 130 valence electrons. The maximum Gasteiger partial charge on any atom is 0.0991 e. The smallest absolute Gasteiger partial charge is 0.0991 e. The number of aliphatic hydroxyl groups is 1. The molecule has 2 fully saturated rings. The van der Waals surface area contributed by atoms with Gasteiger partial charge in [-0.1, -0.05) is 12.1 Å². The Kier molecular flexibility index (Phi) is 6.25. The lowest BCUT2D eigenvalue weighted by atomic mass is 9.86. The van der Waals surface area contributed by atoms with Crippen LogP contribution in [0.1, 0.15) is 49.7 Å². The Morgan fingerprint density at radius 3 is 2.21 bits per heavy atom. The predicted octanol–water partition coefficient (Wildman–Crippen LogP) is 2.66.